The molecule has 0 spiro atoms. The van der Waals surface area contributed by atoms with Crippen molar-refractivity contribution < 1.29 is 9.53 Å². The van der Waals surface area contributed by atoms with E-state index in [1.165, 1.54) is 5.56 Å². The molecule has 0 N–H and O–H groups in total. The van der Waals surface area contributed by atoms with E-state index in [1.807, 2.05) is 12.1 Å². The highest BCUT2D eigenvalue weighted by atomic mass is 32.1. The van der Waals surface area contributed by atoms with Crippen molar-refractivity contribution in [3.05, 3.63) is 29.8 Å². The lowest BCUT2D eigenvalue weighted by molar-refractivity contribution is -0.128. The van der Waals surface area contributed by atoms with Gasteiger partial charge < -0.3 is 4.74 Å². The lowest BCUT2D eigenvalue weighted by Crippen LogP contribution is -1.94. The summed E-state index contributed by atoms with van der Waals surface area (Å²) in [5.74, 6) is 0. The number of hydrogen-bond donors (Lipinski definition) is 0. The molecule has 0 aliphatic rings. The molecule has 0 fully saturated rings. The topological polar surface area (TPSA) is 26.3 Å². The molecule has 0 radical (unpaired) electrons. The fourth-order valence-electron chi connectivity index (χ4n) is 1.08. The number of ether oxygens (including phenoxy) is 1. The first-order chi connectivity index (χ1) is 6.33. The first-order valence-corrected chi connectivity index (χ1v) is 4.69. The van der Waals surface area contributed by atoms with E-state index in [0.717, 1.165) is 17.7 Å². The number of benzene rings is 1. The van der Waals surface area contributed by atoms with Crippen LogP contribution in [0.15, 0.2) is 29.2 Å². The van der Waals surface area contributed by atoms with Crippen molar-refractivity contribution in [2.75, 3.05) is 6.61 Å². The zero-order valence-electron chi connectivity index (χ0n) is 7.32. The van der Waals surface area contributed by atoms with Crippen molar-refractivity contribution in [3.8, 4) is 0 Å². The molecule has 1 aromatic rings. The van der Waals surface area contributed by atoms with Gasteiger partial charge in [-0.1, -0.05) is 12.1 Å². The van der Waals surface area contributed by atoms with Gasteiger partial charge >= 0.3 is 0 Å². The van der Waals surface area contributed by atoms with Gasteiger partial charge in [0.1, 0.15) is 4.90 Å². The van der Waals surface area contributed by atoms with Crippen LogP contribution in [0.1, 0.15) is 12.0 Å². The molecule has 0 atom stereocenters. The van der Waals surface area contributed by atoms with E-state index in [1.54, 1.807) is 0 Å². The van der Waals surface area contributed by atoms with Gasteiger partial charge in [-0.15, -0.1) is 0 Å². The van der Waals surface area contributed by atoms with Gasteiger partial charge in [-0.25, -0.2) is 0 Å². The molecule has 70 valence electrons. The number of aryl methyl sites for hydroxylation is 1. The summed E-state index contributed by atoms with van der Waals surface area (Å²) in [4.78, 5) is 10.9. The van der Waals surface area contributed by atoms with Crippen LogP contribution in [0.2, 0.25) is 0 Å². The van der Waals surface area contributed by atoms with Crippen LogP contribution in [-0.2, 0) is 28.6 Å². The molecule has 0 amide bonds. The monoisotopic (exact) mass is 197 g/mol. The van der Waals surface area contributed by atoms with E-state index < -0.39 is 0 Å². The van der Waals surface area contributed by atoms with Gasteiger partial charge in [-0.3, -0.25) is 4.79 Å². The Morgan fingerprint density at radius 1 is 1.31 bits per heavy atom. The Morgan fingerprint density at radius 3 is 2.62 bits per heavy atom. The Bertz CT molecular complexity index is 256. The molecule has 0 aliphatic carbocycles. The summed E-state index contributed by atoms with van der Waals surface area (Å²) in [6, 6.07) is 8.13. The summed E-state index contributed by atoms with van der Waals surface area (Å²) >= 11 is 3.42. The third-order valence-corrected chi connectivity index (χ3v) is 2.08. The predicted octanol–water partition coefficient (Wildman–Crippen LogP) is 1.16. The van der Waals surface area contributed by atoms with E-state index in [0.29, 0.717) is 13.1 Å². The third kappa shape index (κ3) is 3.99. The summed E-state index contributed by atoms with van der Waals surface area (Å²) in [5, 5.41) is 0. The third-order valence-electron chi connectivity index (χ3n) is 1.75. The first-order valence-electron chi connectivity index (χ1n) is 4.19. The van der Waals surface area contributed by atoms with Crippen LogP contribution in [0, 0.1) is 0 Å². The fraction of sp³-hybridized carbons (Fsp3) is 0.300. The molecule has 0 unspecified atom stereocenters. The maximum atomic E-state index is 9.83. The normalized spacial score (nSPS) is 9.62. The Balaban J connectivity index is 2.28. The molecule has 13 heavy (non-hydrogen) atoms. The molecule has 0 bridgehead atoms. The van der Waals surface area contributed by atoms with E-state index >= 15 is 0 Å². The number of carbonyl (C=O) groups excluding carboxylic acids is 1. The van der Waals surface area contributed by atoms with Gasteiger partial charge in [0, 0.05) is 0 Å². The summed E-state index contributed by atoms with van der Waals surface area (Å²) in [7, 11) is 0. The Kier molecular flexibility index (Phi) is 4.40. The van der Waals surface area contributed by atoms with Crippen molar-refractivity contribution in [1.29, 1.82) is 0 Å². The Hall–Kier alpha value is -0.960. The molecule has 0 heterocycles. The minimum atomic E-state index is 0.487. The summed E-state index contributed by atoms with van der Waals surface area (Å²) in [6.45, 7) is 0.987. The van der Waals surface area contributed by atoms with E-state index in [9.17, 15) is 4.79 Å². The average molecular weight is 197 g/mol. The van der Waals surface area contributed by atoms with Crippen molar-refractivity contribution in [2.24, 2.45) is 0 Å². The molecule has 3 heteroatoms. The molecule has 2 nitrogen and oxygen atoms in total. The smallest absolute Gasteiger partial charge is 0.293 e. The maximum absolute atomic E-state index is 9.83. The van der Waals surface area contributed by atoms with Gasteiger partial charge in [0.15, 0.2) is 0 Å². The summed E-state index contributed by atoms with van der Waals surface area (Å²) in [5.41, 5.74) is 1.26. The highest BCUT2D eigenvalue weighted by Gasteiger charge is 1.94. The second kappa shape index (κ2) is 5.65. The minimum absolute atomic E-state index is 0.487. The number of hydrogen-bond acceptors (Lipinski definition) is 2. The van der Waals surface area contributed by atoms with Crippen molar-refractivity contribution in [3.63, 3.8) is 0 Å². The van der Waals surface area contributed by atoms with E-state index in [-0.39, 0.29) is 0 Å². The molecule has 0 saturated heterocycles. The molecular weight excluding hydrogens is 184 g/mol. The fourth-order valence-corrected chi connectivity index (χ4v) is 1.25. The van der Waals surface area contributed by atoms with Crippen LogP contribution in [0.5, 0.6) is 0 Å². The van der Waals surface area contributed by atoms with Gasteiger partial charge in [0.05, 0.1) is 6.61 Å². The van der Waals surface area contributed by atoms with E-state index in [4.69, 9.17) is 0 Å². The molecule has 0 aliphatic heterocycles. The molecule has 1 aromatic carbocycles. The van der Waals surface area contributed by atoms with Crippen molar-refractivity contribution >= 4 is 19.1 Å². The molecule has 0 aromatic heterocycles. The zero-order valence-corrected chi connectivity index (χ0v) is 8.32. The number of rotatable bonds is 5. The predicted molar refractivity (Wildman–Crippen MR) is 55.2 cm³/mol. The van der Waals surface area contributed by atoms with Gasteiger partial charge in [-0.05, 0) is 43.2 Å². The number of carbonyl (C=O) groups is 1. The highest BCUT2D eigenvalue weighted by molar-refractivity contribution is 7.58. The minimum Gasteiger partial charge on any atom is -0.468 e. The standard InChI is InChI=1S/C10H12O2S/c11-8-12-7-1-2-9-3-5-10(13)6-4-9/h3-6,8,13H,1-2,7H2/p+1. The second-order valence-electron chi connectivity index (χ2n) is 2.77. The SMILES string of the molecule is O=COCCCc1ccc([SH2+])cc1. The van der Waals surface area contributed by atoms with Gasteiger partial charge in [0.25, 0.3) is 6.47 Å². The quantitative estimate of drug-likeness (QED) is 0.402. The Labute approximate surface area is 83.3 Å². The lowest BCUT2D eigenvalue weighted by atomic mass is 10.1. The molecular formula is C10H13O2S+. The average Bonchev–Trinajstić information content (AvgIpc) is 2.15. The van der Waals surface area contributed by atoms with Crippen LogP contribution in [0.4, 0.5) is 0 Å². The summed E-state index contributed by atoms with van der Waals surface area (Å²) in [6.07, 6.45) is 1.82. The highest BCUT2D eigenvalue weighted by Crippen LogP contribution is 2.05. The Morgan fingerprint density at radius 2 is 2.00 bits per heavy atom. The summed E-state index contributed by atoms with van der Waals surface area (Å²) < 4.78 is 4.59. The van der Waals surface area contributed by atoms with Gasteiger partial charge in [-0.2, -0.15) is 0 Å². The second-order valence-corrected chi connectivity index (χ2v) is 3.34. The van der Waals surface area contributed by atoms with Crippen LogP contribution >= 0.6 is 0 Å². The van der Waals surface area contributed by atoms with Crippen LogP contribution in [0.3, 0.4) is 0 Å². The van der Waals surface area contributed by atoms with Crippen LogP contribution < -0.4 is 0 Å². The zero-order chi connectivity index (χ0) is 9.52. The molecule has 0 saturated carbocycles. The van der Waals surface area contributed by atoms with Crippen molar-refractivity contribution in [1.82, 2.24) is 0 Å². The lowest BCUT2D eigenvalue weighted by Gasteiger charge is -1.99. The molecule has 1 rings (SSSR count). The first kappa shape index (κ1) is 10.1. The maximum Gasteiger partial charge on any atom is 0.293 e. The van der Waals surface area contributed by atoms with Crippen molar-refractivity contribution in [2.45, 2.75) is 17.7 Å². The van der Waals surface area contributed by atoms with Crippen LogP contribution in [0.25, 0.3) is 0 Å². The van der Waals surface area contributed by atoms with Gasteiger partial charge in [0.2, 0.25) is 0 Å². The van der Waals surface area contributed by atoms with E-state index in [2.05, 4.69) is 29.5 Å². The van der Waals surface area contributed by atoms with Crippen LogP contribution in [-0.4, -0.2) is 13.1 Å². The largest absolute Gasteiger partial charge is 0.468 e.